The van der Waals surface area contributed by atoms with Crippen molar-refractivity contribution in [3.8, 4) is 5.75 Å². The van der Waals surface area contributed by atoms with Crippen LogP contribution in [-0.4, -0.2) is 27.6 Å². The highest BCUT2D eigenvalue weighted by atomic mass is 35.5. The summed E-state index contributed by atoms with van der Waals surface area (Å²) in [7, 11) is 1.55. The number of rotatable bonds is 6. The van der Waals surface area contributed by atoms with Crippen LogP contribution in [0, 0.1) is 0 Å². The molecule has 0 radical (unpaired) electrons. The molecule has 0 atom stereocenters. The van der Waals surface area contributed by atoms with Gasteiger partial charge in [-0.1, -0.05) is 41.1 Å². The highest BCUT2D eigenvalue weighted by Crippen LogP contribution is 2.39. The van der Waals surface area contributed by atoms with Gasteiger partial charge in [-0.15, -0.1) is 0 Å². The summed E-state index contributed by atoms with van der Waals surface area (Å²) in [5, 5.41) is 0.935. The van der Waals surface area contributed by atoms with Crippen molar-refractivity contribution in [2.45, 2.75) is 13.1 Å². The fourth-order valence-corrected chi connectivity index (χ4v) is 4.79. The third kappa shape index (κ3) is 3.96. The van der Waals surface area contributed by atoms with Gasteiger partial charge in [0.15, 0.2) is 10.7 Å². The molecule has 0 spiro atoms. The zero-order valence-electron chi connectivity index (χ0n) is 17.4. The fraction of sp³-hybridized carbons (Fsp3) is 0.130. The SMILES string of the molecule is COc1ccc(Cl)c2sc(N(Cc3ccccn3)C(=O)Cn3c(=O)oc4ccccc43)nc12. The number of hydrogen-bond acceptors (Lipinski definition) is 7. The summed E-state index contributed by atoms with van der Waals surface area (Å²) in [5.41, 5.74) is 2.20. The molecule has 2 aromatic carbocycles. The molecule has 0 aliphatic heterocycles. The quantitative estimate of drug-likeness (QED) is 0.355. The minimum absolute atomic E-state index is 0.171. The summed E-state index contributed by atoms with van der Waals surface area (Å²) >= 11 is 7.66. The Morgan fingerprint density at radius 1 is 1.18 bits per heavy atom. The topological polar surface area (TPSA) is 90.5 Å². The molecular formula is C23H17ClN4O4S. The van der Waals surface area contributed by atoms with Gasteiger partial charge in [0.05, 0.1) is 34.6 Å². The van der Waals surface area contributed by atoms with Gasteiger partial charge in [0.2, 0.25) is 5.91 Å². The molecule has 1 amide bonds. The predicted octanol–water partition coefficient (Wildman–Crippen LogP) is 4.49. The molecule has 33 heavy (non-hydrogen) atoms. The Kier molecular flexibility index (Phi) is 5.57. The number of oxazole rings is 1. The number of ether oxygens (including phenoxy) is 1. The maximum atomic E-state index is 13.5. The lowest BCUT2D eigenvalue weighted by Crippen LogP contribution is -2.35. The van der Waals surface area contributed by atoms with Crippen molar-refractivity contribution in [2.24, 2.45) is 0 Å². The van der Waals surface area contributed by atoms with Crippen molar-refractivity contribution in [1.82, 2.24) is 14.5 Å². The molecule has 5 aromatic rings. The van der Waals surface area contributed by atoms with E-state index in [0.29, 0.717) is 42.9 Å². The zero-order chi connectivity index (χ0) is 22.9. The monoisotopic (exact) mass is 480 g/mol. The van der Waals surface area contributed by atoms with Crippen molar-refractivity contribution >= 4 is 55.3 Å². The first kappa shape index (κ1) is 21.2. The fourth-order valence-electron chi connectivity index (χ4n) is 3.52. The summed E-state index contributed by atoms with van der Waals surface area (Å²) in [5.74, 6) is -0.390. The number of carbonyl (C=O) groups excluding carboxylic acids is 1. The number of nitrogens with zero attached hydrogens (tertiary/aromatic N) is 4. The van der Waals surface area contributed by atoms with Crippen LogP contribution in [0.15, 0.2) is 70.0 Å². The van der Waals surface area contributed by atoms with E-state index in [2.05, 4.69) is 9.97 Å². The van der Waals surface area contributed by atoms with Gasteiger partial charge in [-0.2, -0.15) is 0 Å². The van der Waals surface area contributed by atoms with Gasteiger partial charge in [0.25, 0.3) is 0 Å². The van der Waals surface area contributed by atoms with Crippen molar-refractivity contribution in [1.29, 1.82) is 0 Å². The van der Waals surface area contributed by atoms with Crippen LogP contribution in [0.25, 0.3) is 21.3 Å². The highest BCUT2D eigenvalue weighted by molar-refractivity contribution is 7.23. The van der Waals surface area contributed by atoms with E-state index in [1.54, 1.807) is 55.8 Å². The van der Waals surface area contributed by atoms with Crippen molar-refractivity contribution in [2.75, 3.05) is 12.0 Å². The van der Waals surface area contributed by atoms with Gasteiger partial charge in [0.1, 0.15) is 17.8 Å². The third-order valence-electron chi connectivity index (χ3n) is 5.11. The average Bonchev–Trinajstić information content (AvgIpc) is 3.41. The molecule has 3 heterocycles. The minimum atomic E-state index is -0.601. The Labute approximate surface area is 196 Å². The number of para-hydroxylation sites is 2. The van der Waals surface area contributed by atoms with E-state index in [-0.39, 0.29) is 19.0 Å². The van der Waals surface area contributed by atoms with E-state index in [4.69, 9.17) is 20.8 Å². The Balaban J connectivity index is 1.58. The number of hydrogen-bond donors (Lipinski definition) is 0. The predicted molar refractivity (Wildman–Crippen MR) is 127 cm³/mol. The molecule has 5 rings (SSSR count). The standard InChI is InChI=1S/C23H17ClN4O4S/c1-31-18-10-9-15(24)21-20(18)26-22(33-21)28(12-14-6-4-5-11-25-14)19(29)13-27-16-7-2-3-8-17(16)32-23(27)30/h2-11H,12-13H2,1H3. The average molecular weight is 481 g/mol. The maximum absolute atomic E-state index is 13.5. The number of benzene rings is 2. The Morgan fingerprint density at radius 2 is 2.00 bits per heavy atom. The summed E-state index contributed by atoms with van der Waals surface area (Å²) < 4.78 is 12.7. The molecule has 166 valence electrons. The first-order valence-corrected chi connectivity index (χ1v) is 11.2. The molecule has 0 aliphatic carbocycles. The Bertz CT molecular complexity index is 1530. The number of aromatic nitrogens is 3. The van der Waals surface area contributed by atoms with Gasteiger partial charge >= 0.3 is 5.76 Å². The van der Waals surface area contributed by atoms with E-state index >= 15 is 0 Å². The summed E-state index contributed by atoms with van der Waals surface area (Å²) in [6, 6.07) is 15.9. The maximum Gasteiger partial charge on any atom is 0.420 e. The molecule has 0 bridgehead atoms. The van der Waals surface area contributed by atoms with E-state index in [9.17, 15) is 9.59 Å². The van der Waals surface area contributed by atoms with E-state index in [0.717, 1.165) is 0 Å². The first-order chi connectivity index (χ1) is 16.0. The largest absolute Gasteiger partial charge is 0.494 e. The van der Waals surface area contributed by atoms with Crippen LogP contribution in [-0.2, 0) is 17.9 Å². The van der Waals surface area contributed by atoms with E-state index < -0.39 is 5.76 Å². The normalized spacial score (nSPS) is 11.2. The lowest BCUT2D eigenvalue weighted by Gasteiger charge is -2.19. The van der Waals surface area contributed by atoms with Crippen LogP contribution in [0.4, 0.5) is 5.13 Å². The summed E-state index contributed by atoms with van der Waals surface area (Å²) in [4.78, 5) is 36.4. The number of halogens is 1. The molecule has 0 fully saturated rings. The number of methoxy groups -OCH3 is 1. The van der Waals surface area contributed by atoms with E-state index in [1.807, 2.05) is 12.1 Å². The zero-order valence-corrected chi connectivity index (χ0v) is 19.0. The van der Waals surface area contributed by atoms with Gasteiger partial charge in [-0.05, 0) is 36.4 Å². The molecule has 8 nitrogen and oxygen atoms in total. The second-order valence-electron chi connectivity index (χ2n) is 7.15. The molecule has 10 heteroatoms. The second-order valence-corrected chi connectivity index (χ2v) is 8.53. The van der Waals surface area contributed by atoms with Crippen LogP contribution in [0.1, 0.15) is 5.69 Å². The van der Waals surface area contributed by atoms with Crippen molar-refractivity contribution in [3.63, 3.8) is 0 Å². The number of carbonyl (C=O) groups is 1. The van der Waals surface area contributed by atoms with Crippen LogP contribution in [0.5, 0.6) is 5.75 Å². The third-order valence-corrected chi connectivity index (χ3v) is 6.65. The molecule has 0 N–H and O–H groups in total. The van der Waals surface area contributed by atoms with E-state index in [1.165, 1.54) is 20.8 Å². The second kappa shape index (κ2) is 8.68. The number of pyridine rings is 1. The molecule has 3 aromatic heterocycles. The Hall–Kier alpha value is -3.69. The van der Waals surface area contributed by atoms with Gasteiger partial charge in [0, 0.05) is 6.20 Å². The number of thiazole rings is 1. The van der Waals surface area contributed by atoms with Crippen molar-refractivity contribution in [3.05, 3.63) is 82.1 Å². The molecule has 0 saturated carbocycles. The van der Waals surface area contributed by atoms with Crippen LogP contribution in [0.2, 0.25) is 5.02 Å². The minimum Gasteiger partial charge on any atom is -0.494 e. The molecule has 0 aliphatic rings. The molecular weight excluding hydrogens is 464 g/mol. The summed E-state index contributed by atoms with van der Waals surface area (Å²) in [6.45, 7) is -0.0482. The lowest BCUT2D eigenvalue weighted by atomic mass is 10.3. The van der Waals surface area contributed by atoms with Crippen LogP contribution >= 0.6 is 22.9 Å². The first-order valence-electron chi connectivity index (χ1n) is 9.97. The van der Waals surface area contributed by atoms with Crippen LogP contribution in [0.3, 0.4) is 0 Å². The van der Waals surface area contributed by atoms with Crippen molar-refractivity contribution < 1.29 is 13.9 Å². The molecule has 0 saturated heterocycles. The molecule has 0 unspecified atom stereocenters. The smallest absolute Gasteiger partial charge is 0.420 e. The number of fused-ring (bicyclic) bond motifs is 2. The highest BCUT2D eigenvalue weighted by Gasteiger charge is 2.24. The summed E-state index contributed by atoms with van der Waals surface area (Å²) in [6.07, 6.45) is 1.66. The van der Waals surface area contributed by atoms with Gasteiger partial charge in [-0.3, -0.25) is 19.2 Å². The Morgan fingerprint density at radius 3 is 2.79 bits per heavy atom. The number of amides is 1. The van der Waals surface area contributed by atoms with Gasteiger partial charge < -0.3 is 9.15 Å². The van der Waals surface area contributed by atoms with Crippen LogP contribution < -0.4 is 15.4 Å². The lowest BCUT2D eigenvalue weighted by molar-refractivity contribution is -0.119. The van der Waals surface area contributed by atoms with Gasteiger partial charge in [-0.25, -0.2) is 9.78 Å². The number of anilines is 1.